The van der Waals surface area contributed by atoms with E-state index in [0.717, 1.165) is 13.0 Å². The molecule has 0 atom stereocenters. The van der Waals surface area contributed by atoms with Gasteiger partial charge in [-0.1, -0.05) is 0 Å². The quantitative estimate of drug-likeness (QED) is 0.564. The van der Waals surface area contributed by atoms with Gasteiger partial charge in [-0.15, -0.1) is 24.0 Å². The molecule has 6 heteroatoms. The maximum Gasteiger partial charge on any atom is 0.311 e. The Morgan fingerprint density at radius 3 is 2.27 bits per heavy atom. The first-order chi connectivity index (χ1) is 4.63. The monoisotopic (exact) mass is 292 g/mol. The van der Waals surface area contributed by atoms with Gasteiger partial charge in [-0.05, 0) is 27.1 Å². The molecule has 4 nitrogen and oxygen atoms in total. The predicted molar refractivity (Wildman–Crippen MR) is 54.8 cm³/mol. The Hall–Kier alpha value is 0.310. The van der Waals surface area contributed by atoms with Crippen molar-refractivity contribution in [2.75, 3.05) is 27.2 Å². The van der Waals surface area contributed by atoms with E-state index in [4.69, 9.17) is 0 Å². The molecule has 68 valence electrons. The molecule has 0 N–H and O–H groups in total. The molecular weight excluding hydrogens is 279 g/mol. The van der Waals surface area contributed by atoms with Crippen molar-refractivity contribution < 1.29 is 8.42 Å². The summed E-state index contributed by atoms with van der Waals surface area (Å²) in [6, 6.07) is 0. The van der Waals surface area contributed by atoms with Gasteiger partial charge >= 0.3 is 10.5 Å². The molecule has 0 saturated heterocycles. The van der Waals surface area contributed by atoms with Crippen molar-refractivity contribution in [1.29, 1.82) is 0 Å². The first-order valence-corrected chi connectivity index (χ1v) is 4.07. The molecule has 0 aliphatic heterocycles. The van der Waals surface area contributed by atoms with E-state index in [-0.39, 0.29) is 24.0 Å². The summed E-state index contributed by atoms with van der Waals surface area (Å²) in [6.45, 7) is 1.27. The van der Waals surface area contributed by atoms with E-state index in [2.05, 4.69) is 4.36 Å². The van der Waals surface area contributed by atoms with Crippen molar-refractivity contribution in [3.63, 3.8) is 0 Å². The molecule has 0 heterocycles. The Labute approximate surface area is 85.7 Å². The van der Waals surface area contributed by atoms with Crippen LogP contribution < -0.4 is 0 Å². The second-order valence-electron chi connectivity index (χ2n) is 2.23. The second-order valence-corrected chi connectivity index (χ2v) is 2.92. The lowest BCUT2D eigenvalue weighted by molar-refractivity contribution is 0.403. The molecule has 0 aliphatic rings. The van der Waals surface area contributed by atoms with Gasteiger partial charge in [-0.2, -0.15) is 12.8 Å². The third-order valence-electron chi connectivity index (χ3n) is 0.960. The van der Waals surface area contributed by atoms with Gasteiger partial charge in [0.25, 0.3) is 0 Å². The number of hydrogen-bond donors (Lipinski definition) is 0. The molecule has 0 bridgehead atoms. The molecule has 0 aliphatic carbocycles. The predicted octanol–water partition coefficient (Wildman–Crippen LogP) is 0.619. The lowest BCUT2D eigenvalue weighted by atomic mass is 10.4. The maximum atomic E-state index is 9.86. The SMILES string of the molecule is CN(C)CCCN=S(=O)=O.I. The van der Waals surface area contributed by atoms with Gasteiger partial charge < -0.3 is 4.90 Å². The van der Waals surface area contributed by atoms with Gasteiger partial charge in [0.1, 0.15) is 0 Å². The Balaban J connectivity index is 0. The fourth-order valence-corrected chi connectivity index (χ4v) is 0.804. The van der Waals surface area contributed by atoms with Crippen LogP contribution in [0.5, 0.6) is 0 Å². The maximum absolute atomic E-state index is 9.86. The van der Waals surface area contributed by atoms with Crippen LogP contribution >= 0.6 is 24.0 Å². The van der Waals surface area contributed by atoms with Crippen molar-refractivity contribution in [2.45, 2.75) is 6.42 Å². The lowest BCUT2D eigenvalue weighted by Gasteiger charge is -2.05. The minimum atomic E-state index is -2.22. The van der Waals surface area contributed by atoms with Gasteiger partial charge in [-0.3, -0.25) is 0 Å². The van der Waals surface area contributed by atoms with Crippen LogP contribution in [0.25, 0.3) is 0 Å². The fraction of sp³-hybridized carbons (Fsp3) is 1.00. The van der Waals surface area contributed by atoms with E-state index >= 15 is 0 Å². The van der Waals surface area contributed by atoms with Gasteiger partial charge in [0.15, 0.2) is 0 Å². The van der Waals surface area contributed by atoms with Crippen LogP contribution in [0.15, 0.2) is 4.36 Å². The largest absolute Gasteiger partial charge is 0.311 e. The molecule has 0 unspecified atom stereocenters. The highest BCUT2D eigenvalue weighted by Gasteiger charge is 1.87. The minimum Gasteiger partial charge on any atom is -0.309 e. The Morgan fingerprint density at radius 2 is 1.91 bits per heavy atom. The zero-order valence-electron chi connectivity index (χ0n) is 6.65. The number of hydrogen-bond acceptors (Lipinski definition) is 4. The summed E-state index contributed by atoms with van der Waals surface area (Å²) < 4.78 is 23.0. The van der Waals surface area contributed by atoms with E-state index in [1.807, 2.05) is 19.0 Å². The third kappa shape index (κ3) is 13.3. The topological polar surface area (TPSA) is 49.7 Å². The molecule has 0 amide bonds. The van der Waals surface area contributed by atoms with Crippen LogP contribution in [-0.2, 0) is 10.5 Å². The van der Waals surface area contributed by atoms with Gasteiger partial charge in [0.2, 0.25) is 0 Å². The zero-order chi connectivity index (χ0) is 7.98. The van der Waals surface area contributed by atoms with Crippen LogP contribution in [0.1, 0.15) is 6.42 Å². The molecule has 0 aromatic carbocycles. The van der Waals surface area contributed by atoms with E-state index in [9.17, 15) is 8.42 Å². The third-order valence-corrected chi connectivity index (χ3v) is 1.35. The van der Waals surface area contributed by atoms with Gasteiger partial charge in [0.05, 0.1) is 6.54 Å². The van der Waals surface area contributed by atoms with Crippen LogP contribution in [0.2, 0.25) is 0 Å². The lowest BCUT2D eigenvalue weighted by Crippen LogP contribution is -2.13. The molecule has 0 aromatic rings. The molecule has 0 fully saturated rings. The Kier molecular flexibility index (Phi) is 10.6. The molecule has 0 saturated carbocycles. The molecular formula is C5H13IN2O2S. The number of halogens is 1. The number of rotatable bonds is 4. The average molecular weight is 292 g/mol. The Morgan fingerprint density at radius 1 is 1.36 bits per heavy atom. The van der Waals surface area contributed by atoms with Crippen LogP contribution in [-0.4, -0.2) is 40.5 Å². The second kappa shape index (κ2) is 8.41. The van der Waals surface area contributed by atoms with Crippen molar-refractivity contribution in [3.05, 3.63) is 0 Å². The van der Waals surface area contributed by atoms with Gasteiger partial charge in [0, 0.05) is 0 Å². The van der Waals surface area contributed by atoms with E-state index < -0.39 is 10.5 Å². The standard InChI is InChI=1S/C5H12N2O2S.HI/c1-7(2)5-3-4-6-10(8)9;/h3-5H2,1-2H3;1H. The molecule has 0 spiro atoms. The molecule has 0 rings (SSSR count). The van der Waals surface area contributed by atoms with E-state index in [0.29, 0.717) is 6.54 Å². The summed E-state index contributed by atoms with van der Waals surface area (Å²) in [5.41, 5.74) is 0. The van der Waals surface area contributed by atoms with Crippen molar-refractivity contribution in [2.24, 2.45) is 4.36 Å². The normalized spacial score (nSPS) is 9.00. The minimum absolute atomic E-state index is 0. The summed E-state index contributed by atoms with van der Waals surface area (Å²) in [5.74, 6) is 0. The molecule has 0 radical (unpaired) electrons. The van der Waals surface area contributed by atoms with Crippen LogP contribution in [0.3, 0.4) is 0 Å². The Bertz CT molecular complexity index is 193. The highest BCUT2D eigenvalue weighted by Crippen LogP contribution is 1.82. The van der Waals surface area contributed by atoms with Crippen molar-refractivity contribution in [1.82, 2.24) is 4.90 Å². The van der Waals surface area contributed by atoms with Crippen molar-refractivity contribution in [3.8, 4) is 0 Å². The fourth-order valence-electron chi connectivity index (χ4n) is 0.526. The highest BCUT2D eigenvalue weighted by molar-refractivity contribution is 14.0. The molecule has 0 aromatic heterocycles. The molecule has 11 heavy (non-hydrogen) atoms. The van der Waals surface area contributed by atoms with E-state index in [1.54, 1.807) is 0 Å². The zero-order valence-corrected chi connectivity index (χ0v) is 9.80. The van der Waals surface area contributed by atoms with Crippen LogP contribution in [0, 0.1) is 0 Å². The highest BCUT2D eigenvalue weighted by atomic mass is 127. The summed E-state index contributed by atoms with van der Waals surface area (Å²) >= 11 is 0. The van der Waals surface area contributed by atoms with Crippen molar-refractivity contribution >= 4 is 34.5 Å². The summed E-state index contributed by atoms with van der Waals surface area (Å²) in [7, 11) is 1.65. The van der Waals surface area contributed by atoms with E-state index in [1.165, 1.54) is 0 Å². The van der Waals surface area contributed by atoms with Crippen LogP contribution in [0.4, 0.5) is 0 Å². The first kappa shape index (κ1) is 13.9. The summed E-state index contributed by atoms with van der Waals surface area (Å²) in [4.78, 5) is 1.99. The first-order valence-electron chi connectivity index (χ1n) is 3.04. The number of nitrogens with zero attached hydrogens (tertiary/aromatic N) is 2. The smallest absolute Gasteiger partial charge is 0.309 e. The summed E-state index contributed by atoms with van der Waals surface area (Å²) in [5, 5.41) is 0. The van der Waals surface area contributed by atoms with Gasteiger partial charge in [-0.25, -0.2) is 0 Å². The average Bonchev–Trinajstić information content (AvgIpc) is 1.79. The summed E-state index contributed by atoms with van der Waals surface area (Å²) in [6.07, 6.45) is 0.793.